The van der Waals surface area contributed by atoms with Crippen molar-refractivity contribution in [2.45, 2.75) is 70.4 Å². The molecule has 2 rings (SSSR count). The van der Waals surface area contributed by atoms with Gasteiger partial charge < -0.3 is 15.7 Å². The van der Waals surface area contributed by atoms with Crippen LogP contribution in [0.4, 0.5) is 4.79 Å². The lowest BCUT2D eigenvalue weighted by molar-refractivity contribution is -0.141. The van der Waals surface area contributed by atoms with E-state index in [1.807, 2.05) is 0 Å². The predicted octanol–water partition coefficient (Wildman–Crippen LogP) is 2.51. The number of carbonyl (C=O) groups is 2. The standard InChI is InChI=1S/C15H26N2O3/c1-2-10-4-3-5-12(8-10)16-15(20)17-13-7-6-11(9-13)14(18)19/h10-13H,2-9H2,1H3,(H,18,19)(H2,16,17,20). The van der Waals surface area contributed by atoms with E-state index in [2.05, 4.69) is 17.6 Å². The molecule has 5 nitrogen and oxygen atoms in total. The third-order valence-electron chi connectivity index (χ3n) is 4.81. The molecule has 2 saturated carbocycles. The zero-order valence-electron chi connectivity index (χ0n) is 12.2. The van der Waals surface area contributed by atoms with Gasteiger partial charge in [0.05, 0.1) is 5.92 Å². The molecular formula is C15H26N2O3. The number of urea groups is 1. The van der Waals surface area contributed by atoms with E-state index < -0.39 is 5.97 Å². The molecule has 0 aliphatic heterocycles. The first-order valence-corrected chi connectivity index (χ1v) is 7.88. The molecule has 114 valence electrons. The average Bonchev–Trinajstić information content (AvgIpc) is 2.87. The molecule has 4 unspecified atom stereocenters. The van der Waals surface area contributed by atoms with E-state index in [0.29, 0.717) is 12.8 Å². The third kappa shape index (κ3) is 4.12. The van der Waals surface area contributed by atoms with E-state index in [0.717, 1.165) is 25.2 Å². The number of hydrogen-bond donors (Lipinski definition) is 3. The lowest BCUT2D eigenvalue weighted by atomic mass is 9.84. The van der Waals surface area contributed by atoms with Crippen LogP contribution < -0.4 is 10.6 Å². The summed E-state index contributed by atoms with van der Waals surface area (Å²) in [4.78, 5) is 22.9. The number of carboxylic acid groups (broad SMARTS) is 1. The Balaban J connectivity index is 1.71. The third-order valence-corrected chi connectivity index (χ3v) is 4.81. The first-order chi connectivity index (χ1) is 9.58. The van der Waals surface area contributed by atoms with Crippen LogP contribution >= 0.6 is 0 Å². The van der Waals surface area contributed by atoms with Crippen molar-refractivity contribution >= 4 is 12.0 Å². The lowest BCUT2D eigenvalue weighted by Crippen LogP contribution is -2.47. The van der Waals surface area contributed by atoms with Crippen LogP contribution in [0.2, 0.25) is 0 Å². The van der Waals surface area contributed by atoms with Gasteiger partial charge in [0, 0.05) is 12.1 Å². The molecule has 2 aliphatic rings. The molecule has 2 amide bonds. The molecule has 0 aromatic carbocycles. The van der Waals surface area contributed by atoms with Gasteiger partial charge in [-0.05, 0) is 38.0 Å². The maximum Gasteiger partial charge on any atom is 0.315 e. The van der Waals surface area contributed by atoms with Gasteiger partial charge in [0.25, 0.3) is 0 Å². The number of carbonyl (C=O) groups excluding carboxylic acids is 1. The lowest BCUT2D eigenvalue weighted by Gasteiger charge is -2.29. The second kappa shape index (κ2) is 6.95. The molecule has 0 spiro atoms. The zero-order valence-corrected chi connectivity index (χ0v) is 12.2. The molecule has 0 aromatic rings. The number of nitrogens with one attached hydrogen (secondary N) is 2. The van der Waals surface area contributed by atoms with Gasteiger partial charge in [-0.3, -0.25) is 4.79 Å². The summed E-state index contributed by atoms with van der Waals surface area (Å²) in [6.45, 7) is 2.21. The van der Waals surface area contributed by atoms with Gasteiger partial charge in [0.1, 0.15) is 0 Å². The fourth-order valence-corrected chi connectivity index (χ4v) is 3.54. The van der Waals surface area contributed by atoms with Crippen LogP contribution in [-0.4, -0.2) is 29.2 Å². The SMILES string of the molecule is CCC1CCCC(NC(=O)NC2CCC(C(=O)O)C2)C1. The summed E-state index contributed by atoms with van der Waals surface area (Å²) < 4.78 is 0. The van der Waals surface area contributed by atoms with Crippen LogP contribution in [0.15, 0.2) is 0 Å². The van der Waals surface area contributed by atoms with Crippen LogP contribution in [-0.2, 0) is 4.79 Å². The molecular weight excluding hydrogens is 256 g/mol. The summed E-state index contributed by atoms with van der Waals surface area (Å²) in [5.74, 6) is -0.302. The van der Waals surface area contributed by atoms with Crippen molar-refractivity contribution in [1.82, 2.24) is 10.6 Å². The van der Waals surface area contributed by atoms with E-state index in [1.165, 1.54) is 19.3 Å². The largest absolute Gasteiger partial charge is 0.481 e. The van der Waals surface area contributed by atoms with Crippen molar-refractivity contribution in [3.63, 3.8) is 0 Å². The summed E-state index contributed by atoms with van der Waals surface area (Å²) in [7, 11) is 0. The van der Waals surface area contributed by atoms with E-state index >= 15 is 0 Å². The molecule has 0 saturated heterocycles. The summed E-state index contributed by atoms with van der Waals surface area (Å²) in [5.41, 5.74) is 0. The second-order valence-corrected chi connectivity index (χ2v) is 6.30. The summed E-state index contributed by atoms with van der Waals surface area (Å²) in [6.07, 6.45) is 7.79. The Hall–Kier alpha value is -1.26. The van der Waals surface area contributed by atoms with Crippen molar-refractivity contribution in [2.24, 2.45) is 11.8 Å². The van der Waals surface area contributed by atoms with E-state index in [9.17, 15) is 9.59 Å². The van der Waals surface area contributed by atoms with Gasteiger partial charge >= 0.3 is 12.0 Å². The highest BCUT2D eigenvalue weighted by Gasteiger charge is 2.31. The van der Waals surface area contributed by atoms with E-state index in [-0.39, 0.29) is 24.0 Å². The zero-order chi connectivity index (χ0) is 14.5. The van der Waals surface area contributed by atoms with Gasteiger partial charge in [0.15, 0.2) is 0 Å². The highest BCUT2D eigenvalue weighted by atomic mass is 16.4. The highest BCUT2D eigenvalue weighted by molar-refractivity contribution is 5.75. The maximum absolute atomic E-state index is 12.0. The highest BCUT2D eigenvalue weighted by Crippen LogP contribution is 2.27. The topological polar surface area (TPSA) is 78.4 Å². The second-order valence-electron chi connectivity index (χ2n) is 6.30. The number of hydrogen-bond acceptors (Lipinski definition) is 2. The molecule has 0 aromatic heterocycles. The summed E-state index contributed by atoms with van der Waals surface area (Å²) in [5, 5.41) is 14.9. The molecule has 2 fully saturated rings. The first-order valence-electron chi connectivity index (χ1n) is 7.88. The van der Waals surface area contributed by atoms with Gasteiger partial charge in [0.2, 0.25) is 0 Å². The number of rotatable bonds is 4. The van der Waals surface area contributed by atoms with Gasteiger partial charge in [-0.15, -0.1) is 0 Å². The Morgan fingerprint density at radius 1 is 1.05 bits per heavy atom. The molecule has 2 aliphatic carbocycles. The smallest absolute Gasteiger partial charge is 0.315 e. The van der Waals surface area contributed by atoms with Crippen molar-refractivity contribution in [1.29, 1.82) is 0 Å². The molecule has 5 heteroatoms. The Kier molecular flexibility index (Phi) is 5.26. The first kappa shape index (κ1) is 15.1. The molecule has 0 bridgehead atoms. The molecule has 0 radical (unpaired) electrons. The van der Waals surface area contributed by atoms with Crippen LogP contribution in [0, 0.1) is 11.8 Å². The van der Waals surface area contributed by atoms with Crippen molar-refractivity contribution in [2.75, 3.05) is 0 Å². The van der Waals surface area contributed by atoms with Crippen molar-refractivity contribution < 1.29 is 14.7 Å². The Bertz CT molecular complexity index is 359. The number of aliphatic carboxylic acids is 1. The minimum Gasteiger partial charge on any atom is -0.481 e. The molecule has 4 atom stereocenters. The minimum absolute atomic E-state index is 0.0154. The molecule has 0 heterocycles. The fourth-order valence-electron chi connectivity index (χ4n) is 3.54. The quantitative estimate of drug-likeness (QED) is 0.741. The van der Waals surface area contributed by atoms with Crippen LogP contribution in [0.1, 0.15) is 58.3 Å². The van der Waals surface area contributed by atoms with Gasteiger partial charge in [-0.25, -0.2) is 4.79 Å². The molecule has 3 N–H and O–H groups in total. The van der Waals surface area contributed by atoms with Crippen molar-refractivity contribution in [3.05, 3.63) is 0 Å². The van der Waals surface area contributed by atoms with Crippen molar-refractivity contribution in [3.8, 4) is 0 Å². The Morgan fingerprint density at radius 2 is 1.75 bits per heavy atom. The minimum atomic E-state index is -0.743. The average molecular weight is 282 g/mol. The Labute approximate surface area is 120 Å². The van der Waals surface area contributed by atoms with E-state index in [1.54, 1.807) is 0 Å². The fraction of sp³-hybridized carbons (Fsp3) is 0.867. The Morgan fingerprint density at radius 3 is 2.35 bits per heavy atom. The van der Waals surface area contributed by atoms with E-state index in [4.69, 9.17) is 5.11 Å². The normalized spacial score (nSPS) is 33.6. The van der Waals surface area contributed by atoms with Crippen LogP contribution in [0.25, 0.3) is 0 Å². The number of amides is 2. The summed E-state index contributed by atoms with van der Waals surface area (Å²) >= 11 is 0. The molecule has 20 heavy (non-hydrogen) atoms. The van der Waals surface area contributed by atoms with Crippen LogP contribution in [0.5, 0.6) is 0 Å². The maximum atomic E-state index is 12.0. The number of carboxylic acids is 1. The van der Waals surface area contributed by atoms with Gasteiger partial charge in [-0.2, -0.15) is 0 Å². The predicted molar refractivity (Wildman–Crippen MR) is 76.5 cm³/mol. The monoisotopic (exact) mass is 282 g/mol. The van der Waals surface area contributed by atoms with Crippen LogP contribution in [0.3, 0.4) is 0 Å². The van der Waals surface area contributed by atoms with Gasteiger partial charge in [-0.1, -0.05) is 26.2 Å². The summed E-state index contributed by atoms with van der Waals surface area (Å²) in [6, 6.07) is 0.176.